The van der Waals surface area contributed by atoms with Crippen LogP contribution in [0.5, 0.6) is 11.5 Å². The molecule has 0 fully saturated rings. The molecule has 1 aliphatic rings. The molecule has 2 aromatic rings. The second-order valence-electron chi connectivity index (χ2n) is 6.14. The molecule has 0 atom stereocenters. The van der Waals surface area contributed by atoms with E-state index in [2.05, 4.69) is 5.32 Å². The van der Waals surface area contributed by atoms with Gasteiger partial charge in [0.2, 0.25) is 5.91 Å². The third-order valence-corrected chi connectivity index (χ3v) is 4.39. The normalized spacial score (nSPS) is 12.7. The van der Waals surface area contributed by atoms with Crippen LogP contribution in [0, 0.1) is 0 Å². The molecule has 1 aliphatic heterocycles. The first-order valence-electron chi connectivity index (χ1n) is 9.21. The Bertz CT molecular complexity index is 863. The number of fused-ring (bicyclic) bond motifs is 1. The van der Waals surface area contributed by atoms with Crippen molar-refractivity contribution in [3.63, 3.8) is 0 Å². The van der Waals surface area contributed by atoms with Crippen LogP contribution in [0.2, 0.25) is 0 Å². The van der Waals surface area contributed by atoms with Gasteiger partial charge in [-0.25, -0.2) is 0 Å². The van der Waals surface area contributed by atoms with Crippen LogP contribution < -0.4 is 19.7 Å². The molecule has 0 saturated heterocycles. The zero-order valence-corrected chi connectivity index (χ0v) is 15.9. The Hall–Kier alpha value is -3.02. The minimum absolute atomic E-state index is 0.0869. The van der Waals surface area contributed by atoms with Gasteiger partial charge in [-0.15, -0.1) is 0 Å². The summed E-state index contributed by atoms with van der Waals surface area (Å²) >= 11 is 0. The van der Waals surface area contributed by atoms with Crippen molar-refractivity contribution in [1.82, 2.24) is 0 Å². The number of anilines is 2. The first-order valence-corrected chi connectivity index (χ1v) is 9.21. The first kappa shape index (κ1) is 18.8. The predicted molar refractivity (Wildman–Crippen MR) is 105 cm³/mol. The van der Waals surface area contributed by atoms with Crippen LogP contribution in [-0.4, -0.2) is 31.6 Å². The Morgan fingerprint density at radius 3 is 2.48 bits per heavy atom. The SMILES string of the molecule is CCOc1ccc(C(=O)Nc2ccc3c(c2)CC(=O)N3CC)cc1OCC. The molecule has 6 nitrogen and oxygen atoms in total. The molecule has 0 unspecified atom stereocenters. The Kier molecular flexibility index (Phi) is 5.64. The smallest absolute Gasteiger partial charge is 0.255 e. The topological polar surface area (TPSA) is 67.9 Å². The molecule has 2 aromatic carbocycles. The molecule has 3 rings (SSSR count). The van der Waals surface area contributed by atoms with Crippen molar-refractivity contribution in [2.45, 2.75) is 27.2 Å². The monoisotopic (exact) mass is 368 g/mol. The molecule has 0 saturated carbocycles. The molecule has 0 spiro atoms. The highest BCUT2D eigenvalue weighted by Crippen LogP contribution is 2.32. The number of nitrogens with one attached hydrogen (secondary N) is 1. The Morgan fingerprint density at radius 2 is 1.78 bits per heavy atom. The molecule has 142 valence electrons. The van der Waals surface area contributed by atoms with Crippen molar-refractivity contribution in [3.05, 3.63) is 47.5 Å². The van der Waals surface area contributed by atoms with E-state index in [-0.39, 0.29) is 11.8 Å². The average Bonchev–Trinajstić information content (AvgIpc) is 2.97. The number of carbonyl (C=O) groups is 2. The summed E-state index contributed by atoms with van der Waals surface area (Å²) in [5.74, 6) is 1.01. The number of benzene rings is 2. The lowest BCUT2D eigenvalue weighted by Crippen LogP contribution is -2.25. The van der Waals surface area contributed by atoms with Crippen LogP contribution in [0.4, 0.5) is 11.4 Å². The third kappa shape index (κ3) is 3.89. The number of nitrogens with zero attached hydrogens (tertiary/aromatic N) is 1. The maximum absolute atomic E-state index is 12.6. The fourth-order valence-electron chi connectivity index (χ4n) is 3.20. The van der Waals surface area contributed by atoms with Crippen molar-refractivity contribution in [3.8, 4) is 11.5 Å². The quantitative estimate of drug-likeness (QED) is 0.810. The molecular formula is C21H24N2O4. The van der Waals surface area contributed by atoms with Gasteiger partial charge in [0.25, 0.3) is 5.91 Å². The number of likely N-dealkylation sites (N-methyl/N-ethyl adjacent to an activating group) is 1. The van der Waals surface area contributed by atoms with Gasteiger partial charge in [-0.1, -0.05) is 0 Å². The van der Waals surface area contributed by atoms with Crippen LogP contribution in [0.3, 0.4) is 0 Å². The second-order valence-corrected chi connectivity index (χ2v) is 6.14. The number of ether oxygens (including phenoxy) is 2. The van der Waals surface area contributed by atoms with Crippen LogP contribution >= 0.6 is 0 Å². The summed E-state index contributed by atoms with van der Waals surface area (Å²) in [7, 11) is 0. The summed E-state index contributed by atoms with van der Waals surface area (Å²) in [6, 6.07) is 10.7. The van der Waals surface area contributed by atoms with Gasteiger partial charge in [-0.05, 0) is 62.7 Å². The zero-order valence-electron chi connectivity index (χ0n) is 15.9. The highest BCUT2D eigenvalue weighted by molar-refractivity contribution is 6.06. The number of carbonyl (C=O) groups excluding carboxylic acids is 2. The Labute approximate surface area is 159 Å². The number of hydrogen-bond acceptors (Lipinski definition) is 4. The largest absolute Gasteiger partial charge is 0.490 e. The molecule has 0 bridgehead atoms. The van der Waals surface area contributed by atoms with E-state index in [0.717, 1.165) is 11.3 Å². The van der Waals surface area contributed by atoms with Gasteiger partial charge >= 0.3 is 0 Å². The molecule has 0 aromatic heterocycles. The van der Waals surface area contributed by atoms with Gasteiger partial charge in [0, 0.05) is 23.5 Å². The summed E-state index contributed by atoms with van der Waals surface area (Å²) in [6.07, 6.45) is 0.366. The van der Waals surface area contributed by atoms with Crippen LogP contribution in [0.15, 0.2) is 36.4 Å². The minimum atomic E-state index is -0.240. The molecule has 1 N–H and O–H groups in total. The van der Waals surface area contributed by atoms with Crippen molar-refractivity contribution >= 4 is 23.2 Å². The van der Waals surface area contributed by atoms with Crippen molar-refractivity contribution < 1.29 is 19.1 Å². The van der Waals surface area contributed by atoms with E-state index >= 15 is 0 Å². The van der Waals surface area contributed by atoms with Gasteiger partial charge < -0.3 is 19.7 Å². The summed E-state index contributed by atoms with van der Waals surface area (Å²) in [5.41, 5.74) is 2.99. The number of amides is 2. The van der Waals surface area contributed by atoms with Crippen LogP contribution in [-0.2, 0) is 11.2 Å². The van der Waals surface area contributed by atoms with E-state index in [1.807, 2.05) is 39.0 Å². The summed E-state index contributed by atoms with van der Waals surface area (Å²) in [6.45, 7) is 7.38. The standard InChI is InChI=1S/C21H24N2O4/c1-4-23-17-9-8-16(11-15(17)13-20(23)24)22-21(25)14-7-10-18(26-5-2)19(12-14)27-6-3/h7-12H,4-6,13H2,1-3H3,(H,22,25). The van der Waals surface area contributed by atoms with Gasteiger partial charge in [0.15, 0.2) is 11.5 Å². The van der Waals surface area contributed by atoms with E-state index < -0.39 is 0 Å². The molecule has 2 amide bonds. The minimum Gasteiger partial charge on any atom is -0.490 e. The molecule has 0 aliphatic carbocycles. The zero-order chi connectivity index (χ0) is 19.4. The lowest BCUT2D eigenvalue weighted by atomic mass is 10.1. The predicted octanol–water partition coefficient (Wildman–Crippen LogP) is 3.65. The van der Waals surface area contributed by atoms with E-state index in [0.29, 0.717) is 48.9 Å². The van der Waals surface area contributed by atoms with Crippen LogP contribution in [0.1, 0.15) is 36.7 Å². The lowest BCUT2D eigenvalue weighted by molar-refractivity contribution is -0.117. The van der Waals surface area contributed by atoms with Crippen LogP contribution in [0.25, 0.3) is 0 Å². The van der Waals surface area contributed by atoms with Gasteiger partial charge in [0.05, 0.1) is 19.6 Å². The number of rotatable bonds is 7. The Morgan fingerprint density at radius 1 is 1.04 bits per heavy atom. The Balaban J connectivity index is 1.79. The third-order valence-electron chi connectivity index (χ3n) is 4.39. The molecule has 0 radical (unpaired) electrons. The summed E-state index contributed by atoms with van der Waals surface area (Å²) in [5, 5.41) is 2.89. The van der Waals surface area contributed by atoms with E-state index in [1.165, 1.54) is 0 Å². The van der Waals surface area contributed by atoms with E-state index in [9.17, 15) is 9.59 Å². The van der Waals surface area contributed by atoms with E-state index in [1.54, 1.807) is 23.1 Å². The lowest BCUT2D eigenvalue weighted by Gasteiger charge is -2.15. The van der Waals surface area contributed by atoms with Crippen molar-refractivity contribution in [2.75, 3.05) is 30.0 Å². The maximum atomic E-state index is 12.6. The average molecular weight is 368 g/mol. The summed E-state index contributed by atoms with van der Waals surface area (Å²) in [4.78, 5) is 26.4. The summed E-state index contributed by atoms with van der Waals surface area (Å²) < 4.78 is 11.1. The van der Waals surface area contributed by atoms with Gasteiger partial charge in [-0.3, -0.25) is 9.59 Å². The highest BCUT2D eigenvalue weighted by atomic mass is 16.5. The molecule has 6 heteroatoms. The van der Waals surface area contributed by atoms with Crippen molar-refractivity contribution in [2.24, 2.45) is 0 Å². The second kappa shape index (κ2) is 8.12. The number of hydrogen-bond donors (Lipinski definition) is 1. The molecular weight excluding hydrogens is 344 g/mol. The molecule has 27 heavy (non-hydrogen) atoms. The highest BCUT2D eigenvalue weighted by Gasteiger charge is 2.26. The fraction of sp³-hybridized carbons (Fsp3) is 0.333. The fourth-order valence-corrected chi connectivity index (χ4v) is 3.20. The van der Waals surface area contributed by atoms with Crippen molar-refractivity contribution in [1.29, 1.82) is 0 Å². The van der Waals surface area contributed by atoms with Gasteiger partial charge in [-0.2, -0.15) is 0 Å². The molecule has 1 heterocycles. The maximum Gasteiger partial charge on any atom is 0.255 e. The van der Waals surface area contributed by atoms with E-state index in [4.69, 9.17) is 9.47 Å². The van der Waals surface area contributed by atoms with Gasteiger partial charge in [0.1, 0.15) is 0 Å². The first-order chi connectivity index (χ1) is 13.1.